The summed E-state index contributed by atoms with van der Waals surface area (Å²) in [4.78, 5) is 12.1. The van der Waals surface area contributed by atoms with E-state index in [-0.39, 0.29) is 23.1 Å². The van der Waals surface area contributed by atoms with Crippen molar-refractivity contribution < 1.29 is 23.5 Å². The Morgan fingerprint density at radius 1 is 1.43 bits per heavy atom. The van der Waals surface area contributed by atoms with E-state index < -0.39 is 18.6 Å². The molecule has 0 aliphatic rings. The van der Waals surface area contributed by atoms with Crippen molar-refractivity contribution in [2.75, 3.05) is 0 Å². The van der Waals surface area contributed by atoms with E-state index in [9.17, 15) is 13.6 Å². The van der Waals surface area contributed by atoms with Crippen molar-refractivity contribution in [2.45, 2.75) is 26.5 Å². The van der Waals surface area contributed by atoms with Gasteiger partial charge in [-0.25, -0.2) is 0 Å². The molecule has 1 atom stereocenters. The van der Waals surface area contributed by atoms with Crippen LogP contribution in [0.3, 0.4) is 0 Å². The molecule has 1 unspecified atom stereocenters. The number of hydrogen-bond donors (Lipinski definition) is 3. The molecule has 0 saturated carbocycles. The van der Waals surface area contributed by atoms with Crippen molar-refractivity contribution in [1.82, 2.24) is 5.32 Å². The molecule has 6 nitrogen and oxygen atoms in total. The zero-order valence-electron chi connectivity index (χ0n) is 11.6. The smallest absolute Gasteiger partial charge is 0.387 e. The maximum absolute atomic E-state index is 12.1. The van der Waals surface area contributed by atoms with Gasteiger partial charge in [0.15, 0.2) is 5.84 Å². The Morgan fingerprint density at radius 3 is 2.62 bits per heavy atom. The summed E-state index contributed by atoms with van der Waals surface area (Å²) in [6.07, 6.45) is 0. The SMILES string of the molecule is CC(C)C(NC(=O)c1cccc(OC(F)F)c1)C(N)=NO. The van der Waals surface area contributed by atoms with Crippen molar-refractivity contribution in [3.8, 4) is 5.75 Å². The molecule has 0 radical (unpaired) electrons. The molecule has 0 fully saturated rings. The van der Waals surface area contributed by atoms with Crippen molar-refractivity contribution in [3.63, 3.8) is 0 Å². The molecule has 1 aromatic carbocycles. The molecule has 8 heteroatoms. The number of nitrogens with two attached hydrogens (primary N) is 1. The number of nitrogens with one attached hydrogen (secondary N) is 1. The molecule has 0 bridgehead atoms. The Kier molecular flexibility index (Phi) is 5.89. The van der Waals surface area contributed by atoms with Gasteiger partial charge in [-0.1, -0.05) is 25.1 Å². The van der Waals surface area contributed by atoms with Crippen LogP contribution < -0.4 is 15.8 Å². The number of alkyl halides is 2. The number of oxime groups is 1. The van der Waals surface area contributed by atoms with E-state index in [0.717, 1.165) is 0 Å². The number of rotatable bonds is 6. The topological polar surface area (TPSA) is 96.9 Å². The minimum atomic E-state index is -2.97. The highest BCUT2D eigenvalue weighted by atomic mass is 19.3. The lowest BCUT2D eigenvalue weighted by molar-refractivity contribution is -0.0498. The van der Waals surface area contributed by atoms with Gasteiger partial charge in [0.2, 0.25) is 0 Å². The predicted molar refractivity (Wildman–Crippen MR) is 72.6 cm³/mol. The molecule has 0 heterocycles. The second-order valence-corrected chi connectivity index (χ2v) is 4.63. The third-order valence-corrected chi connectivity index (χ3v) is 2.71. The number of hydrogen-bond acceptors (Lipinski definition) is 4. The van der Waals surface area contributed by atoms with Crippen LogP contribution >= 0.6 is 0 Å². The van der Waals surface area contributed by atoms with E-state index in [1.807, 2.05) is 0 Å². The maximum Gasteiger partial charge on any atom is 0.387 e. The summed E-state index contributed by atoms with van der Waals surface area (Å²) >= 11 is 0. The molecular formula is C13H17F2N3O3. The number of ether oxygens (including phenoxy) is 1. The molecule has 1 rings (SSSR count). The quantitative estimate of drug-likeness (QED) is 0.323. The Bertz CT molecular complexity index is 521. The average molecular weight is 301 g/mol. The minimum absolute atomic E-state index is 0.120. The lowest BCUT2D eigenvalue weighted by Crippen LogP contribution is -2.47. The van der Waals surface area contributed by atoms with Gasteiger partial charge < -0.3 is 21.0 Å². The van der Waals surface area contributed by atoms with E-state index in [1.54, 1.807) is 13.8 Å². The average Bonchev–Trinajstić information content (AvgIpc) is 2.42. The van der Waals surface area contributed by atoms with Crippen LogP contribution in [-0.4, -0.2) is 29.6 Å². The second kappa shape index (κ2) is 7.41. The van der Waals surface area contributed by atoms with Crippen LogP contribution in [0, 0.1) is 5.92 Å². The number of carbonyl (C=O) groups excluding carboxylic acids is 1. The molecule has 0 aromatic heterocycles. The summed E-state index contributed by atoms with van der Waals surface area (Å²) in [5.41, 5.74) is 5.63. The summed E-state index contributed by atoms with van der Waals surface area (Å²) in [6, 6.07) is 4.68. The fraction of sp³-hybridized carbons (Fsp3) is 0.385. The number of halogens is 2. The van der Waals surface area contributed by atoms with Gasteiger partial charge in [0, 0.05) is 5.56 Å². The Balaban J connectivity index is 2.88. The monoisotopic (exact) mass is 301 g/mol. The Hall–Kier alpha value is -2.38. The lowest BCUT2D eigenvalue weighted by atomic mass is 10.0. The third kappa shape index (κ3) is 4.90. The van der Waals surface area contributed by atoms with E-state index in [0.29, 0.717) is 0 Å². The number of benzene rings is 1. The molecular weight excluding hydrogens is 284 g/mol. The summed E-state index contributed by atoms with van der Waals surface area (Å²) in [5.74, 6) is -0.925. The summed E-state index contributed by atoms with van der Waals surface area (Å²) in [6.45, 7) is 0.586. The van der Waals surface area contributed by atoms with Gasteiger partial charge in [0.1, 0.15) is 5.75 Å². The van der Waals surface area contributed by atoms with Gasteiger partial charge in [-0.15, -0.1) is 0 Å². The van der Waals surface area contributed by atoms with Gasteiger partial charge in [-0.2, -0.15) is 8.78 Å². The molecule has 0 spiro atoms. The van der Waals surface area contributed by atoms with Gasteiger partial charge in [0.05, 0.1) is 6.04 Å². The van der Waals surface area contributed by atoms with E-state index in [1.165, 1.54) is 24.3 Å². The van der Waals surface area contributed by atoms with Gasteiger partial charge >= 0.3 is 6.61 Å². The molecule has 21 heavy (non-hydrogen) atoms. The van der Waals surface area contributed by atoms with Crippen LogP contribution in [0.15, 0.2) is 29.4 Å². The van der Waals surface area contributed by atoms with Crippen LogP contribution in [0.5, 0.6) is 5.75 Å². The zero-order chi connectivity index (χ0) is 16.0. The van der Waals surface area contributed by atoms with Crippen molar-refractivity contribution in [1.29, 1.82) is 0 Å². The molecule has 4 N–H and O–H groups in total. The Labute approximate surface area is 120 Å². The van der Waals surface area contributed by atoms with Crippen molar-refractivity contribution in [3.05, 3.63) is 29.8 Å². The summed E-state index contributed by atoms with van der Waals surface area (Å²) < 4.78 is 28.5. The van der Waals surface area contributed by atoms with Gasteiger partial charge in [-0.3, -0.25) is 4.79 Å². The Morgan fingerprint density at radius 2 is 2.10 bits per heavy atom. The first-order valence-electron chi connectivity index (χ1n) is 6.18. The highest BCUT2D eigenvalue weighted by molar-refractivity contribution is 5.98. The van der Waals surface area contributed by atoms with E-state index in [4.69, 9.17) is 10.9 Å². The summed E-state index contributed by atoms with van der Waals surface area (Å²) in [5, 5.41) is 14.1. The fourth-order valence-electron chi connectivity index (χ4n) is 1.68. The van der Waals surface area contributed by atoms with Crippen molar-refractivity contribution in [2.24, 2.45) is 16.8 Å². The van der Waals surface area contributed by atoms with Crippen LogP contribution in [-0.2, 0) is 0 Å². The molecule has 1 amide bonds. The lowest BCUT2D eigenvalue weighted by Gasteiger charge is -2.21. The second-order valence-electron chi connectivity index (χ2n) is 4.63. The first-order valence-corrected chi connectivity index (χ1v) is 6.18. The van der Waals surface area contributed by atoms with Crippen LogP contribution in [0.2, 0.25) is 0 Å². The van der Waals surface area contributed by atoms with Crippen molar-refractivity contribution >= 4 is 11.7 Å². The van der Waals surface area contributed by atoms with Crippen LogP contribution in [0.4, 0.5) is 8.78 Å². The highest BCUT2D eigenvalue weighted by Crippen LogP contribution is 2.16. The van der Waals surface area contributed by atoms with Crippen LogP contribution in [0.1, 0.15) is 24.2 Å². The normalized spacial score (nSPS) is 13.3. The van der Waals surface area contributed by atoms with Gasteiger partial charge in [-0.05, 0) is 24.1 Å². The fourth-order valence-corrected chi connectivity index (χ4v) is 1.68. The standard InChI is InChI=1S/C13H17F2N3O3/c1-7(2)10(11(16)18-20)17-12(19)8-4-3-5-9(6-8)21-13(14)15/h3-7,10,13,20H,1-2H3,(H2,16,18)(H,17,19). The minimum Gasteiger partial charge on any atom is -0.435 e. The molecule has 0 saturated heterocycles. The highest BCUT2D eigenvalue weighted by Gasteiger charge is 2.21. The number of amides is 1. The first-order chi connectivity index (χ1) is 9.85. The maximum atomic E-state index is 12.1. The number of carbonyl (C=O) groups is 1. The first kappa shape index (κ1) is 16.7. The third-order valence-electron chi connectivity index (χ3n) is 2.71. The molecule has 1 aromatic rings. The largest absolute Gasteiger partial charge is 0.435 e. The van der Waals surface area contributed by atoms with E-state index in [2.05, 4.69) is 15.2 Å². The zero-order valence-corrected chi connectivity index (χ0v) is 11.6. The predicted octanol–water partition coefficient (Wildman–Crippen LogP) is 1.79. The summed E-state index contributed by atoms with van der Waals surface area (Å²) in [7, 11) is 0. The number of nitrogens with zero attached hydrogens (tertiary/aromatic N) is 1. The van der Waals surface area contributed by atoms with E-state index >= 15 is 0 Å². The molecule has 0 aliphatic heterocycles. The van der Waals surface area contributed by atoms with Gasteiger partial charge in [0.25, 0.3) is 5.91 Å². The van der Waals surface area contributed by atoms with Crippen LogP contribution in [0.25, 0.3) is 0 Å². The molecule has 0 aliphatic carbocycles. The number of amidine groups is 1. The molecule has 116 valence electrons.